The molecule has 146 valence electrons. The van der Waals surface area contributed by atoms with Gasteiger partial charge in [0, 0.05) is 18.7 Å². The molecule has 7 heteroatoms. The molecule has 0 aliphatic carbocycles. The Hall–Kier alpha value is -2.77. The molecule has 1 N–H and O–H groups in total. The lowest BCUT2D eigenvalue weighted by atomic mass is 10.1. The van der Waals surface area contributed by atoms with Crippen molar-refractivity contribution in [1.29, 1.82) is 0 Å². The molecule has 0 radical (unpaired) electrons. The van der Waals surface area contributed by atoms with Crippen LogP contribution in [0.4, 0.5) is 4.39 Å². The lowest BCUT2D eigenvalue weighted by Gasteiger charge is -2.21. The number of β-amino-alcohol motifs (C(OH)–C–C–N with tert-alkyl or cyclic N) is 1. The average molecular weight is 383 g/mol. The SMILES string of the molecule is COc1ccc(CN2CC(O)CC2c2nc(-c3ccc(C)c(F)c3)no2)cc1. The van der Waals surface area contributed by atoms with Crippen LogP contribution in [0.25, 0.3) is 11.4 Å². The van der Waals surface area contributed by atoms with E-state index in [0.29, 0.717) is 42.4 Å². The summed E-state index contributed by atoms with van der Waals surface area (Å²) < 4.78 is 24.5. The summed E-state index contributed by atoms with van der Waals surface area (Å²) in [5, 5.41) is 14.2. The largest absolute Gasteiger partial charge is 0.497 e. The molecule has 3 aromatic rings. The molecule has 6 nitrogen and oxygen atoms in total. The number of nitrogens with zero attached hydrogens (tertiary/aromatic N) is 3. The number of hydrogen-bond acceptors (Lipinski definition) is 6. The Bertz CT molecular complexity index is 958. The first-order valence-electron chi connectivity index (χ1n) is 9.18. The van der Waals surface area contributed by atoms with E-state index in [9.17, 15) is 9.50 Å². The van der Waals surface area contributed by atoms with Gasteiger partial charge in [-0.25, -0.2) is 4.39 Å². The summed E-state index contributed by atoms with van der Waals surface area (Å²) >= 11 is 0. The van der Waals surface area contributed by atoms with Crippen molar-refractivity contribution in [2.75, 3.05) is 13.7 Å². The van der Waals surface area contributed by atoms with E-state index in [1.807, 2.05) is 24.3 Å². The fourth-order valence-corrected chi connectivity index (χ4v) is 3.50. The van der Waals surface area contributed by atoms with Gasteiger partial charge in [-0.2, -0.15) is 4.98 Å². The van der Waals surface area contributed by atoms with E-state index in [1.165, 1.54) is 6.07 Å². The summed E-state index contributed by atoms with van der Waals surface area (Å²) in [5.41, 5.74) is 2.23. The van der Waals surface area contributed by atoms with Gasteiger partial charge in [-0.3, -0.25) is 4.90 Å². The molecular formula is C21H22FN3O3. The van der Waals surface area contributed by atoms with Crippen molar-refractivity contribution in [1.82, 2.24) is 15.0 Å². The van der Waals surface area contributed by atoms with Crippen molar-refractivity contribution in [2.45, 2.75) is 32.0 Å². The first kappa shape index (κ1) is 18.6. The van der Waals surface area contributed by atoms with E-state index in [-0.39, 0.29) is 11.9 Å². The van der Waals surface area contributed by atoms with Gasteiger partial charge in [0.2, 0.25) is 11.7 Å². The maximum Gasteiger partial charge on any atom is 0.244 e. The van der Waals surface area contributed by atoms with Crippen LogP contribution in [0, 0.1) is 12.7 Å². The molecule has 1 saturated heterocycles. The maximum atomic E-state index is 13.8. The Labute approximate surface area is 162 Å². The number of ether oxygens (including phenoxy) is 1. The van der Waals surface area contributed by atoms with Crippen molar-refractivity contribution in [3.05, 3.63) is 65.3 Å². The van der Waals surface area contributed by atoms with Gasteiger partial charge in [0.05, 0.1) is 19.3 Å². The minimum Gasteiger partial charge on any atom is -0.497 e. The third-order valence-electron chi connectivity index (χ3n) is 5.08. The van der Waals surface area contributed by atoms with Crippen LogP contribution >= 0.6 is 0 Å². The molecular weight excluding hydrogens is 361 g/mol. The highest BCUT2D eigenvalue weighted by Gasteiger charge is 2.36. The zero-order valence-electron chi connectivity index (χ0n) is 15.8. The number of hydrogen-bond donors (Lipinski definition) is 1. The third kappa shape index (κ3) is 3.76. The molecule has 0 bridgehead atoms. The van der Waals surface area contributed by atoms with Crippen LogP contribution in [-0.4, -0.2) is 39.9 Å². The number of rotatable bonds is 5. The topological polar surface area (TPSA) is 71.6 Å². The van der Waals surface area contributed by atoms with Crippen LogP contribution < -0.4 is 4.74 Å². The highest BCUT2D eigenvalue weighted by atomic mass is 19.1. The fourth-order valence-electron chi connectivity index (χ4n) is 3.50. The van der Waals surface area contributed by atoms with Gasteiger partial charge in [0.25, 0.3) is 0 Å². The van der Waals surface area contributed by atoms with Crippen molar-refractivity contribution in [3.8, 4) is 17.1 Å². The van der Waals surface area contributed by atoms with Crippen LogP contribution in [0.5, 0.6) is 5.75 Å². The summed E-state index contributed by atoms with van der Waals surface area (Å²) in [7, 11) is 1.63. The number of aromatic nitrogens is 2. The normalized spacial score (nSPS) is 19.9. The Morgan fingerprint density at radius 1 is 1.25 bits per heavy atom. The van der Waals surface area contributed by atoms with E-state index < -0.39 is 6.10 Å². The van der Waals surface area contributed by atoms with E-state index in [2.05, 4.69) is 15.0 Å². The van der Waals surface area contributed by atoms with Gasteiger partial charge in [-0.05, 0) is 42.7 Å². The van der Waals surface area contributed by atoms with Crippen LogP contribution in [0.2, 0.25) is 0 Å². The van der Waals surface area contributed by atoms with Crippen LogP contribution in [0.3, 0.4) is 0 Å². The molecule has 2 unspecified atom stereocenters. The van der Waals surface area contributed by atoms with Gasteiger partial charge in [0.15, 0.2) is 0 Å². The molecule has 1 aliphatic heterocycles. The predicted octanol–water partition coefficient (Wildman–Crippen LogP) is 3.50. The highest BCUT2D eigenvalue weighted by Crippen LogP contribution is 2.33. The number of benzene rings is 2. The van der Waals surface area contributed by atoms with Gasteiger partial charge >= 0.3 is 0 Å². The van der Waals surface area contributed by atoms with E-state index in [1.54, 1.807) is 26.2 Å². The third-order valence-corrected chi connectivity index (χ3v) is 5.08. The van der Waals surface area contributed by atoms with Crippen molar-refractivity contribution in [2.24, 2.45) is 0 Å². The zero-order chi connectivity index (χ0) is 19.7. The minimum absolute atomic E-state index is 0.186. The molecule has 1 aromatic heterocycles. The van der Waals surface area contributed by atoms with E-state index in [4.69, 9.17) is 9.26 Å². The average Bonchev–Trinajstić information content (AvgIpc) is 3.31. The molecule has 28 heavy (non-hydrogen) atoms. The summed E-state index contributed by atoms with van der Waals surface area (Å²) in [6.45, 7) is 2.87. The lowest BCUT2D eigenvalue weighted by molar-refractivity contribution is 0.169. The highest BCUT2D eigenvalue weighted by molar-refractivity contribution is 5.55. The Balaban J connectivity index is 1.54. The molecule has 1 fully saturated rings. The van der Waals surface area contributed by atoms with Crippen LogP contribution in [-0.2, 0) is 6.54 Å². The first-order valence-corrected chi connectivity index (χ1v) is 9.18. The molecule has 2 aromatic carbocycles. The quantitative estimate of drug-likeness (QED) is 0.727. The minimum atomic E-state index is -0.463. The number of likely N-dealkylation sites (tertiary alicyclic amines) is 1. The van der Waals surface area contributed by atoms with E-state index >= 15 is 0 Å². The van der Waals surface area contributed by atoms with Crippen molar-refractivity contribution < 1.29 is 18.8 Å². The number of aliphatic hydroxyl groups excluding tert-OH is 1. The first-order chi connectivity index (χ1) is 13.5. The number of halogens is 1. The standard InChI is InChI=1S/C21H22FN3O3/c1-13-3-6-15(9-18(13)22)20-23-21(28-24-20)19-10-16(26)12-25(19)11-14-4-7-17(27-2)8-5-14/h3-9,16,19,26H,10-12H2,1-2H3. The van der Waals surface area contributed by atoms with Crippen molar-refractivity contribution in [3.63, 3.8) is 0 Å². The van der Waals surface area contributed by atoms with Gasteiger partial charge < -0.3 is 14.4 Å². The van der Waals surface area contributed by atoms with Crippen molar-refractivity contribution >= 4 is 0 Å². The number of aliphatic hydroxyl groups is 1. The van der Waals surface area contributed by atoms with Crippen LogP contribution in [0.15, 0.2) is 47.0 Å². The molecule has 0 amide bonds. The summed E-state index contributed by atoms with van der Waals surface area (Å²) in [6, 6.07) is 12.5. The monoisotopic (exact) mass is 383 g/mol. The van der Waals surface area contributed by atoms with E-state index in [0.717, 1.165) is 11.3 Å². The maximum absolute atomic E-state index is 13.8. The molecule has 2 heterocycles. The summed E-state index contributed by atoms with van der Waals surface area (Å²) in [6.07, 6.45) is 0.0514. The second-order valence-electron chi connectivity index (χ2n) is 7.10. The molecule has 1 aliphatic rings. The van der Waals surface area contributed by atoms with Crippen LogP contribution in [0.1, 0.15) is 29.5 Å². The molecule has 2 atom stereocenters. The Morgan fingerprint density at radius 3 is 2.75 bits per heavy atom. The molecule has 0 spiro atoms. The second kappa shape index (κ2) is 7.69. The molecule has 4 rings (SSSR count). The zero-order valence-corrected chi connectivity index (χ0v) is 15.8. The Kier molecular flexibility index (Phi) is 5.11. The molecule has 0 saturated carbocycles. The lowest BCUT2D eigenvalue weighted by Crippen LogP contribution is -2.24. The van der Waals surface area contributed by atoms with Gasteiger partial charge in [-0.1, -0.05) is 29.4 Å². The number of aryl methyl sites for hydroxylation is 1. The smallest absolute Gasteiger partial charge is 0.244 e. The Morgan fingerprint density at radius 2 is 2.04 bits per heavy atom. The fraction of sp³-hybridized carbons (Fsp3) is 0.333. The summed E-state index contributed by atoms with van der Waals surface area (Å²) in [5.74, 6) is 1.27. The van der Waals surface area contributed by atoms with Gasteiger partial charge in [-0.15, -0.1) is 0 Å². The second-order valence-corrected chi connectivity index (χ2v) is 7.10. The summed E-state index contributed by atoms with van der Waals surface area (Å²) in [4.78, 5) is 6.58. The predicted molar refractivity (Wildman–Crippen MR) is 101 cm³/mol. The van der Waals surface area contributed by atoms with Gasteiger partial charge in [0.1, 0.15) is 11.6 Å². The number of methoxy groups -OCH3 is 1.